The highest BCUT2D eigenvalue weighted by molar-refractivity contribution is 7.86. The number of carbonyl (C=O) groups excluding carboxylic acids is 2. The van der Waals surface area contributed by atoms with E-state index >= 15 is 0 Å². The van der Waals surface area contributed by atoms with Gasteiger partial charge in [-0.25, -0.2) is 0 Å². The molecule has 4 heterocycles. The first-order chi connectivity index (χ1) is 33.8. The zero-order valence-corrected chi connectivity index (χ0v) is 47.0. The molecule has 12 aliphatic rings. The fraction of sp³-hybridized carbons (Fsp3) is 0.966. The van der Waals surface area contributed by atoms with Crippen molar-refractivity contribution in [2.45, 2.75) is 208 Å². The molecule has 8 saturated carbocycles. The maximum absolute atomic E-state index is 14.0. The van der Waals surface area contributed by atoms with Crippen molar-refractivity contribution in [2.24, 2.45) is 105 Å². The number of carbonyl (C=O) groups is 2. The van der Waals surface area contributed by atoms with Crippen molar-refractivity contribution in [1.82, 2.24) is 9.80 Å². The lowest BCUT2D eigenvalue weighted by molar-refractivity contribution is -0.170. The molecule has 12 rings (SSSR count). The van der Waals surface area contributed by atoms with Gasteiger partial charge in [-0.15, -0.1) is 0 Å². The molecule has 412 valence electrons. The molecular weight excluding hydrogens is 949 g/mol. The summed E-state index contributed by atoms with van der Waals surface area (Å²) in [6, 6.07) is 0. The van der Waals surface area contributed by atoms with Crippen LogP contribution in [-0.4, -0.2) is 108 Å². The first kappa shape index (κ1) is 55.4. The minimum atomic E-state index is -4.40. The second-order valence-electron chi connectivity index (χ2n) is 28.0. The number of amides is 2. The van der Waals surface area contributed by atoms with Crippen LogP contribution >= 0.6 is 0 Å². The number of aliphatic hydroxyl groups is 2. The van der Waals surface area contributed by atoms with Crippen LogP contribution in [0.2, 0.25) is 0 Å². The molecule has 0 spiro atoms. The van der Waals surface area contributed by atoms with Gasteiger partial charge >= 0.3 is 0 Å². The molecule has 4 aliphatic heterocycles. The molecule has 0 radical (unpaired) electrons. The SMILES string of the molecule is C[C@@H]1CCCN(CCS(=O)(=O)O)C(=O)CC(=O)N(CCS(=O)(=O)O)CCC[C@H](C)[C@H]2CC[C@H]3[C@@H]4[C@@H](O)CC5C[C@H](CCC[C@@H]6CC[C@@]7(C)C(C6)C[C@H](O)[C@H]6[C@@H]8CC[C@H]1[C@@]8(C)CC[C@@H]67)CC[C@]5(C)[C@H]4CC[C@]23C. The van der Waals surface area contributed by atoms with Crippen LogP contribution in [0.4, 0.5) is 0 Å². The predicted molar refractivity (Wildman–Crippen MR) is 281 cm³/mol. The van der Waals surface area contributed by atoms with E-state index in [0.717, 1.165) is 63.2 Å². The second kappa shape index (κ2) is 21.1. The fourth-order valence-corrected chi connectivity index (χ4v) is 21.8. The van der Waals surface area contributed by atoms with Crippen molar-refractivity contribution in [3.8, 4) is 0 Å². The molecule has 72 heavy (non-hydrogen) atoms. The molecule has 12 fully saturated rings. The van der Waals surface area contributed by atoms with Crippen molar-refractivity contribution in [3.05, 3.63) is 0 Å². The van der Waals surface area contributed by atoms with Gasteiger partial charge in [0, 0.05) is 26.2 Å². The Kier molecular flexibility index (Phi) is 16.3. The third-order valence-corrected chi connectivity index (χ3v) is 26.1. The van der Waals surface area contributed by atoms with Crippen molar-refractivity contribution in [2.75, 3.05) is 37.7 Å². The maximum atomic E-state index is 14.0. The van der Waals surface area contributed by atoms with E-state index in [9.17, 15) is 45.7 Å². The van der Waals surface area contributed by atoms with Crippen LogP contribution in [-0.2, 0) is 29.8 Å². The van der Waals surface area contributed by atoms with Crippen molar-refractivity contribution < 1.29 is 45.7 Å². The number of rotatable bonds is 6. The fourth-order valence-electron chi connectivity index (χ4n) is 20.9. The van der Waals surface area contributed by atoms with E-state index < -0.39 is 50.0 Å². The molecule has 8 aliphatic carbocycles. The number of nitrogens with zero attached hydrogens (tertiary/aromatic N) is 2. The Morgan fingerprint density at radius 2 is 0.833 bits per heavy atom. The summed E-state index contributed by atoms with van der Waals surface area (Å²) < 4.78 is 67.5. The van der Waals surface area contributed by atoms with Crippen molar-refractivity contribution in [1.29, 1.82) is 0 Å². The number of aliphatic hydroxyl groups excluding tert-OH is 2. The highest BCUT2D eigenvalue weighted by Gasteiger charge is 2.65. The summed E-state index contributed by atoms with van der Waals surface area (Å²) in [6.07, 6.45) is 24.4. The Labute approximate surface area is 435 Å². The lowest BCUT2D eigenvalue weighted by atomic mass is 9.43. The van der Waals surface area contributed by atoms with Gasteiger partial charge in [-0.3, -0.25) is 18.7 Å². The quantitative estimate of drug-likeness (QED) is 0.147. The summed E-state index contributed by atoms with van der Waals surface area (Å²) in [6.45, 7) is 14.8. The number of hydrogen-bond acceptors (Lipinski definition) is 8. The van der Waals surface area contributed by atoms with E-state index in [4.69, 9.17) is 0 Å². The third-order valence-electron chi connectivity index (χ3n) is 24.7. The molecular formula is C58H98N2O10S2. The monoisotopic (exact) mass is 1050 g/mol. The Hall–Kier alpha value is -1.32. The Balaban J connectivity index is 0.941. The van der Waals surface area contributed by atoms with E-state index in [-0.39, 0.29) is 60.0 Å². The van der Waals surface area contributed by atoms with Gasteiger partial charge in [0.25, 0.3) is 20.2 Å². The highest BCUT2D eigenvalue weighted by atomic mass is 32.2. The largest absolute Gasteiger partial charge is 0.393 e. The maximum Gasteiger partial charge on any atom is 0.266 e. The van der Waals surface area contributed by atoms with E-state index in [1.165, 1.54) is 93.3 Å². The summed E-state index contributed by atoms with van der Waals surface area (Å²) >= 11 is 0. The van der Waals surface area contributed by atoms with Gasteiger partial charge in [-0.2, -0.15) is 16.8 Å². The summed E-state index contributed by atoms with van der Waals surface area (Å²) in [5.41, 5.74) is 0.772. The molecule has 20 atom stereocenters. The lowest BCUT2D eigenvalue weighted by Crippen LogP contribution is -2.58. The first-order valence-electron chi connectivity index (χ1n) is 29.7. The molecule has 13 bridgehead atoms. The average molecular weight is 1050 g/mol. The van der Waals surface area contributed by atoms with Crippen LogP contribution in [0.15, 0.2) is 0 Å². The molecule has 0 aromatic heterocycles. The molecule has 14 heteroatoms. The Bertz CT molecular complexity index is 2030. The van der Waals surface area contributed by atoms with Gasteiger partial charge in [-0.05, 0) is 233 Å². The Morgan fingerprint density at radius 1 is 0.472 bits per heavy atom. The standard InChI is InChI=1S/C58H98N2O10S2/c1-37-10-8-26-59(28-30-71(65,66)67)51(63)36-52(64)60(29-31-72(68,69)70)27-9-11-38(2)44-15-17-46-54-48(21-25-58(44,46)6)56(4)23-19-40(33-42(56)35-50(54)62)13-7-12-39-18-22-55(3)41(32-39)34-49(61)53-45-16-14-43(37)57(45,5)24-20-47(53)55/h37-50,53-54,61-62H,7-36H2,1-6H3,(H,65,66,67)(H,68,69,70)/t37-,38+,39-,40-,41?,42?,43-,44-,45+,46+,47+,48+,49+,50+,53+,54+,55+,56+,57-,58-/m1/s1. The predicted octanol–water partition coefficient (Wildman–Crippen LogP) is 10.3. The Morgan fingerprint density at radius 3 is 1.22 bits per heavy atom. The summed E-state index contributed by atoms with van der Waals surface area (Å²) in [5, 5.41) is 24.5. The van der Waals surface area contributed by atoms with Crippen LogP contribution in [0.3, 0.4) is 0 Å². The second-order valence-corrected chi connectivity index (χ2v) is 31.2. The normalized spacial score (nSPS) is 47.9. The lowest BCUT2D eigenvalue weighted by Gasteiger charge is -2.63. The van der Waals surface area contributed by atoms with Crippen molar-refractivity contribution in [3.63, 3.8) is 0 Å². The van der Waals surface area contributed by atoms with Gasteiger partial charge in [0.05, 0.1) is 23.7 Å². The van der Waals surface area contributed by atoms with E-state index in [2.05, 4.69) is 41.5 Å². The van der Waals surface area contributed by atoms with E-state index in [1.54, 1.807) is 0 Å². The molecule has 0 aromatic rings. The average Bonchev–Trinajstić information content (AvgIpc) is 3.85. The molecule has 2 amide bonds. The molecule has 12 nitrogen and oxygen atoms in total. The number of hydrogen-bond donors (Lipinski definition) is 4. The van der Waals surface area contributed by atoms with Gasteiger partial charge < -0.3 is 20.0 Å². The molecule has 0 aromatic carbocycles. The van der Waals surface area contributed by atoms with Crippen LogP contribution < -0.4 is 0 Å². The van der Waals surface area contributed by atoms with Gasteiger partial charge in [-0.1, -0.05) is 60.8 Å². The van der Waals surface area contributed by atoms with Gasteiger partial charge in [0.2, 0.25) is 11.8 Å². The molecule has 2 unspecified atom stereocenters. The minimum absolute atomic E-state index is 0.111. The van der Waals surface area contributed by atoms with Crippen LogP contribution in [0.1, 0.15) is 196 Å². The van der Waals surface area contributed by atoms with Crippen molar-refractivity contribution >= 4 is 32.1 Å². The van der Waals surface area contributed by atoms with Gasteiger partial charge in [0.15, 0.2) is 0 Å². The zero-order valence-electron chi connectivity index (χ0n) is 45.4. The van der Waals surface area contributed by atoms with Crippen LogP contribution in [0, 0.1) is 105 Å². The first-order valence-corrected chi connectivity index (χ1v) is 32.9. The topological polar surface area (TPSA) is 190 Å². The van der Waals surface area contributed by atoms with Crippen LogP contribution in [0.25, 0.3) is 0 Å². The van der Waals surface area contributed by atoms with E-state index in [1.807, 2.05) is 0 Å². The summed E-state index contributed by atoms with van der Waals surface area (Å²) in [5.74, 6) is 4.58. The van der Waals surface area contributed by atoms with Crippen LogP contribution in [0.5, 0.6) is 0 Å². The zero-order chi connectivity index (χ0) is 51.8. The molecule has 4 saturated heterocycles. The summed E-state index contributed by atoms with van der Waals surface area (Å²) in [4.78, 5) is 30.8. The third kappa shape index (κ3) is 10.8. The smallest absolute Gasteiger partial charge is 0.266 e. The summed E-state index contributed by atoms with van der Waals surface area (Å²) in [7, 11) is -8.80. The van der Waals surface area contributed by atoms with E-state index in [0.29, 0.717) is 83.9 Å². The van der Waals surface area contributed by atoms with Gasteiger partial charge in [0.1, 0.15) is 6.42 Å². The molecule has 4 N–H and O–H groups in total. The highest BCUT2D eigenvalue weighted by Crippen LogP contribution is 2.71. The minimum Gasteiger partial charge on any atom is -0.393 e. The number of fused-ring (bicyclic) bond motifs is 2.